The average Bonchev–Trinajstić information content (AvgIpc) is 2.53. The molecule has 2 heteroatoms. The van der Waals surface area contributed by atoms with Crippen molar-refractivity contribution in [3.8, 4) is 6.07 Å². The fraction of sp³-hybridized carbons (Fsp3) is 0.158. The van der Waals surface area contributed by atoms with E-state index in [1.54, 1.807) is 24.3 Å². The monoisotopic (exact) mass is 275 g/mol. The molecule has 0 aliphatic carbocycles. The summed E-state index contributed by atoms with van der Waals surface area (Å²) >= 11 is 0. The van der Waals surface area contributed by atoms with Gasteiger partial charge in [0.1, 0.15) is 0 Å². The van der Waals surface area contributed by atoms with Crippen molar-refractivity contribution in [2.45, 2.75) is 19.8 Å². The van der Waals surface area contributed by atoms with Crippen molar-refractivity contribution in [3.05, 3.63) is 76.9 Å². The van der Waals surface area contributed by atoms with Gasteiger partial charge in [0.15, 0.2) is 5.78 Å². The summed E-state index contributed by atoms with van der Waals surface area (Å²) in [4.78, 5) is 12.1. The number of hydrogen-bond acceptors (Lipinski definition) is 2. The third-order valence-electron chi connectivity index (χ3n) is 3.33. The molecule has 0 saturated carbocycles. The Bertz CT molecular complexity index is 686. The van der Waals surface area contributed by atoms with Gasteiger partial charge in [0.25, 0.3) is 0 Å². The summed E-state index contributed by atoms with van der Waals surface area (Å²) < 4.78 is 0. The van der Waals surface area contributed by atoms with Crippen molar-refractivity contribution in [1.82, 2.24) is 0 Å². The predicted octanol–water partition coefficient (Wildman–Crippen LogP) is 4.58. The second-order valence-corrected chi connectivity index (χ2v) is 5.21. The van der Waals surface area contributed by atoms with E-state index in [2.05, 4.69) is 19.9 Å². The maximum atomic E-state index is 12.1. The van der Waals surface area contributed by atoms with Gasteiger partial charge in [-0.15, -0.1) is 0 Å². The fourth-order valence-corrected chi connectivity index (χ4v) is 1.97. The highest BCUT2D eigenvalue weighted by atomic mass is 16.1. The van der Waals surface area contributed by atoms with E-state index in [0.717, 1.165) is 5.56 Å². The lowest BCUT2D eigenvalue weighted by Crippen LogP contribution is -1.95. The molecular weight excluding hydrogens is 258 g/mol. The van der Waals surface area contributed by atoms with Crippen LogP contribution in [0.2, 0.25) is 0 Å². The number of nitrogens with zero attached hydrogens (tertiary/aromatic N) is 1. The fourth-order valence-electron chi connectivity index (χ4n) is 1.97. The third-order valence-corrected chi connectivity index (χ3v) is 3.33. The van der Waals surface area contributed by atoms with Gasteiger partial charge >= 0.3 is 0 Å². The van der Waals surface area contributed by atoms with E-state index >= 15 is 0 Å². The Hall–Kier alpha value is -2.66. The summed E-state index contributed by atoms with van der Waals surface area (Å²) in [5.74, 6) is 0.443. The molecule has 0 atom stereocenters. The quantitative estimate of drug-likeness (QED) is 0.605. The minimum absolute atomic E-state index is 0.0188. The van der Waals surface area contributed by atoms with Crippen molar-refractivity contribution < 1.29 is 4.79 Å². The Morgan fingerprint density at radius 2 is 1.67 bits per heavy atom. The van der Waals surface area contributed by atoms with Crippen molar-refractivity contribution in [1.29, 1.82) is 5.26 Å². The SMILES string of the molecule is CC(C)c1ccc(C(=O)/C=C/c2ccc(C#N)cc2)cc1. The number of allylic oxidation sites excluding steroid dienone is 1. The molecule has 0 heterocycles. The van der Waals surface area contributed by atoms with Gasteiger partial charge in [-0.2, -0.15) is 5.26 Å². The highest BCUT2D eigenvalue weighted by Crippen LogP contribution is 2.15. The Balaban J connectivity index is 2.09. The largest absolute Gasteiger partial charge is 0.289 e. The van der Waals surface area contributed by atoms with E-state index in [0.29, 0.717) is 17.0 Å². The molecule has 0 N–H and O–H groups in total. The molecule has 0 aliphatic heterocycles. The van der Waals surface area contributed by atoms with E-state index < -0.39 is 0 Å². The molecule has 0 unspecified atom stereocenters. The molecule has 0 radical (unpaired) electrons. The molecule has 0 aromatic heterocycles. The van der Waals surface area contributed by atoms with E-state index in [4.69, 9.17) is 5.26 Å². The first-order valence-electron chi connectivity index (χ1n) is 6.92. The van der Waals surface area contributed by atoms with Crippen LogP contribution in [0.1, 0.15) is 46.8 Å². The van der Waals surface area contributed by atoms with Gasteiger partial charge in [-0.25, -0.2) is 0 Å². The molecule has 2 rings (SSSR count). The maximum absolute atomic E-state index is 12.1. The van der Waals surface area contributed by atoms with E-state index in [9.17, 15) is 4.79 Å². The zero-order valence-electron chi connectivity index (χ0n) is 12.2. The van der Waals surface area contributed by atoms with E-state index in [1.165, 1.54) is 5.56 Å². The lowest BCUT2D eigenvalue weighted by Gasteiger charge is -2.05. The van der Waals surface area contributed by atoms with Gasteiger partial charge in [-0.05, 0) is 35.3 Å². The van der Waals surface area contributed by atoms with Crippen LogP contribution in [-0.2, 0) is 0 Å². The van der Waals surface area contributed by atoms with Crippen LogP contribution in [-0.4, -0.2) is 5.78 Å². The Labute approximate surface area is 125 Å². The first-order valence-corrected chi connectivity index (χ1v) is 6.92. The van der Waals surface area contributed by atoms with Crippen molar-refractivity contribution in [3.63, 3.8) is 0 Å². The van der Waals surface area contributed by atoms with Crippen LogP contribution < -0.4 is 0 Å². The zero-order chi connectivity index (χ0) is 15.2. The molecule has 0 saturated heterocycles. The van der Waals surface area contributed by atoms with Crippen molar-refractivity contribution in [2.75, 3.05) is 0 Å². The van der Waals surface area contributed by atoms with Gasteiger partial charge in [-0.3, -0.25) is 4.79 Å². The standard InChI is InChI=1S/C19H17NO/c1-14(2)17-8-10-18(11-9-17)19(21)12-7-15-3-5-16(13-20)6-4-15/h3-12,14H,1-2H3/b12-7+. The minimum atomic E-state index is -0.0188. The molecule has 21 heavy (non-hydrogen) atoms. The molecule has 104 valence electrons. The minimum Gasteiger partial charge on any atom is -0.289 e. The number of carbonyl (C=O) groups is 1. The molecule has 0 fully saturated rings. The predicted molar refractivity (Wildman–Crippen MR) is 85.1 cm³/mol. The molecule has 0 aliphatic rings. The lowest BCUT2D eigenvalue weighted by molar-refractivity contribution is 0.104. The molecule has 0 spiro atoms. The van der Waals surface area contributed by atoms with Crippen LogP contribution in [0.5, 0.6) is 0 Å². The third kappa shape index (κ3) is 3.90. The Morgan fingerprint density at radius 3 is 2.19 bits per heavy atom. The second-order valence-electron chi connectivity index (χ2n) is 5.21. The molecule has 0 amide bonds. The van der Waals surface area contributed by atoms with Crippen LogP contribution in [0.15, 0.2) is 54.6 Å². The Morgan fingerprint density at radius 1 is 1.05 bits per heavy atom. The van der Waals surface area contributed by atoms with Crippen LogP contribution in [0.4, 0.5) is 0 Å². The normalized spacial score (nSPS) is 10.8. The summed E-state index contributed by atoms with van der Waals surface area (Å²) in [5.41, 5.74) is 3.43. The highest BCUT2D eigenvalue weighted by Gasteiger charge is 2.03. The van der Waals surface area contributed by atoms with Crippen LogP contribution in [0, 0.1) is 11.3 Å². The lowest BCUT2D eigenvalue weighted by atomic mass is 10.0. The van der Waals surface area contributed by atoms with Gasteiger partial charge in [0, 0.05) is 5.56 Å². The van der Waals surface area contributed by atoms with Crippen LogP contribution in [0.3, 0.4) is 0 Å². The second kappa shape index (κ2) is 6.67. The number of benzene rings is 2. The molecule has 0 bridgehead atoms. The van der Waals surface area contributed by atoms with E-state index in [1.807, 2.05) is 36.4 Å². The molecule has 2 nitrogen and oxygen atoms in total. The Kier molecular flexibility index (Phi) is 4.68. The summed E-state index contributed by atoms with van der Waals surface area (Å²) in [6, 6.07) is 16.9. The summed E-state index contributed by atoms with van der Waals surface area (Å²) in [6.45, 7) is 4.25. The summed E-state index contributed by atoms with van der Waals surface area (Å²) in [7, 11) is 0. The number of nitriles is 1. The first kappa shape index (κ1) is 14.7. The van der Waals surface area contributed by atoms with Gasteiger partial charge in [-0.1, -0.05) is 56.3 Å². The number of rotatable bonds is 4. The van der Waals surface area contributed by atoms with E-state index in [-0.39, 0.29) is 5.78 Å². The topological polar surface area (TPSA) is 40.9 Å². The first-order chi connectivity index (χ1) is 10.1. The van der Waals surface area contributed by atoms with Crippen molar-refractivity contribution >= 4 is 11.9 Å². The number of ketones is 1. The molecule has 2 aromatic rings. The summed E-state index contributed by atoms with van der Waals surface area (Å²) in [6.07, 6.45) is 3.33. The van der Waals surface area contributed by atoms with Gasteiger partial charge < -0.3 is 0 Å². The molecule has 2 aromatic carbocycles. The van der Waals surface area contributed by atoms with Crippen molar-refractivity contribution in [2.24, 2.45) is 0 Å². The maximum Gasteiger partial charge on any atom is 0.185 e. The summed E-state index contributed by atoms with van der Waals surface area (Å²) in [5, 5.41) is 8.73. The van der Waals surface area contributed by atoms with Gasteiger partial charge in [0.2, 0.25) is 0 Å². The van der Waals surface area contributed by atoms with Crippen LogP contribution >= 0.6 is 0 Å². The number of hydrogen-bond donors (Lipinski definition) is 0. The van der Waals surface area contributed by atoms with Gasteiger partial charge in [0.05, 0.1) is 11.6 Å². The number of carbonyl (C=O) groups excluding carboxylic acids is 1. The van der Waals surface area contributed by atoms with Crippen LogP contribution in [0.25, 0.3) is 6.08 Å². The zero-order valence-corrected chi connectivity index (χ0v) is 12.2. The average molecular weight is 275 g/mol. The molecular formula is C19H17NO. The highest BCUT2D eigenvalue weighted by molar-refractivity contribution is 6.06. The smallest absolute Gasteiger partial charge is 0.185 e.